The molecule has 0 saturated carbocycles. The molecule has 0 aliphatic carbocycles. The van der Waals surface area contributed by atoms with E-state index >= 15 is 0 Å². The Morgan fingerprint density at radius 1 is 1.03 bits per heavy atom. The molecule has 1 aliphatic rings. The van der Waals surface area contributed by atoms with Crippen LogP contribution in [0.3, 0.4) is 0 Å². The maximum atomic E-state index is 13.1. The number of hydrogen-bond donors (Lipinski definition) is 2. The Balaban J connectivity index is 1.42. The highest BCUT2D eigenvalue weighted by Crippen LogP contribution is 2.27. The molecule has 1 amide bonds. The molecule has 1 unspecified atom stereocenters. The lowest BCUT2D eigenvalue weighted by Gasteiger charge is -2.28. The lowest BCUT2D eigenvalue weighted by atomic mass is 10.0. The minimum Gasteiger partial charge on any atom is -0.497 e. The number of sulfonamides is 1. The van der Waals surface area contributed by atoms with Crippen LogP contribution in [0.25, 0.3) is 0 Å². The van der Waals surface area contributed by atoms with Crippen molar-refractivity contribution >= 4 is 21.6 Å². The fourth-order valence-electron chi connectivity index (χ4n) is 4.17. The summed E-state index contributed by atoms with van der Waals surface area (Å²) in [6, 6.07) is 18.6. The fourth-order valence-corrected chi connectivity index (χ4v) is 5.23. The molecule has 35 heavy (non-hydrogen) atoms. The van der Waals surface area contributed by atoms with Crippen LogP contribution < -0.4 is 14.8 Å². The zero-order valence-electron chi connectivity index (χ0n) is 19.4. The summed E-state index contributed by atoms with van der Waals surface area (Å²) in [6.45, 7) is 2.38. The monoisotopic (exact) mass is 497 g/mol. The number of methoxy groups -OCH3 is 1. The first-order valence-electron chi connectivity index (χ1n) is 11.4. The van der Waals surface area contributed by atoms with Gasteiger partial charge >= 0.3 is 0 Å². The summed E-state index contributed by atoms with van der Waals surface area (Å²) in [5.41, 5.74) is 1.80. The third-order valence-corrected chi connectivity index (χ3v) is 7.44. The number of nitrogens with zero attached hydrogens (tertiary/aromatic N) is 1. The van der Waals surface area contributed by atoms with E-state index in [9.17, 15) is 17.6 Å². The van der Waals surface area contributed by atoms with Gasteiger partial charge in [-0.1, -0.05) is 12.1 Å². The molecule has 3 aromatic carbocycles. The molecular formula is C26H28FN3O4S. The number of likely N-dealkylation sites (tertiary alicyclic amines) is 1. The van der Waals surface area contributed by atoms with Crippen LogP contribution in [0, 0.1) is 5.82 Å². The van der Waals surface area contributed by atoms with Gasteiger partial charge in [0.2, 0.25) is 0 Å². The first kappa shape index (κ1) is 24.7. The second-order valence-corrected chi connectivity index (χ2v) is 10.1. The molecule has 2 N–H and O–H groups in total. The molecule has 4 rings (SSSR count). The molecule has 3 aromatic rings. The summed E-state index contributed by atoms with van der Waals surface area (Å²) in [4.78, 5) is 15.2. The molecule has 1 heterocycles. The van der Waals surface area contributed by atoms with Gasteiger partial charge in [-0.2, -0.15) is 0 Å². The number of amides is 1. The highest BCUT2D eigenvalue weighted by molar-refractivity contribution is 7.92. The SMILES string of the molecule is COc1cccc(C(CNC(=O)c2ccc(NS(=O)(=O)c3ccc(F)cc3)cc2)N2CCCC2)c1. The predicted molar refractivity (Wildman–Crippen MR) is 133 cm³/mol. The van der Waals surface area contributed by atoms with E-state index < -0.39 is 15.8 Å². The molecule has 0 aromatic heterocycles. The molecule has 7 nitrogen and oxygen atoms in total. The van der Waals surface area contributed by atoms with Crippen molar-refractivity contribution in [3.05, 3.63) is 89.7 Å². The quantitative estimate of drug-likeness (QED) is 0.463. The number of rotatable bonds is 9. The lowest BCUT2D eigenvalue weighted by molar-refractivity contribution is 0.0938. The Kier molecular flexibility index (Phi) is 7.67. The second kappa shape index (κ2) is 10.9. The van der Waals surface area contributed by atoms with Gasteiger partial charge in [-0.15, -0.1) is 0 Å². The van der Waals surface area contributed by atoms with Gasteiger partial charge in [0.25, 0.3) is 15.9 Å². The van der Waals surface area contributed by atoms with Gasteiger partial charge in [-0.25, -0.2) is 12.8 Å². The number of anilines is 1. The number of halogens is 1. The minimum absolute atomic E-state index is 0.0262. The minimum atomic E-state index is -3.86. The number of hydrogen-bond acceptors (Lipinski definition) is 5. The number of carbonyl (C=O) groups excluding carboxylic acids is 1. The second-order valence-electron chi connectivity index (χ2n) is 8.38. The summed E-state index contributed by atoms with van der Waals surface area (Å²) in [5.74, 6) is 0.0134. The van der Waals surface area contributed by atoms with Crippen LogP contribution in [0.1, 0.15) is 34.8 Å². The maximum absolute atomic E-state index is 13.1. The molecule has 0 bridgehead atoms. The Bertz CT molecular complexity index is 1260. The standard InChI is InChI=1S/C26H28FN3O4S/c1-34-23-6-4-5-20(17-23)25(30-15-2-3-16-30)18-28-26(31)19-7-11-22(12-8-19)29-35(32,33)24-13-9-21(27)10-14-24/h4-14,17,25,29H,2-3,15-16,18H2,1H3,(H,28,31). The Morgan fingerprint density at radius 3 is 2.37 bits per heavy atom. The molecule has 0 spiro atoms. The molecule has 184 valence electrons. The maximum Gasteiger partial charge on any atom is 0.261 e. The van der Waals surface area contributed by atoms with Crippen molar-refractivity contribution < 1.29 is 22.3 Å². The smallest absolute Gasteiger partial charge is 0.261 e. The first-order valence-corrected chi connectivity index (χ1v) is 12.9. The Morgan fingerprint density at radius 2 is 1.71 bits per heavy atom. The van der Waals surface area contributed by atoms with Crippen molar-refractivity contribution in [3.8, 4) is 5.75 Å². The van der Waals surface area contributed by atoms with E-state index in [-0.39, 0.29) is 16.8 Å². The summed E-state index contributed by atoms with van der Waals surface area (Å²) in [7, 11) is -2.23. The zero-order valence-corrected chi connectivity index (χ0v) is 20.2. The van der Waals surface area contributed by atoms with Crippen LogP contribution in [0.5, 0.6) is 5.75 Å². The number of benzene rings is 3. The average Bonchev–Trinajstić information content (AvgIpc) is 3.39. The van der Waals surface area contributed by atoms with Crippen LogP contribution in [0.2, 0.25) is 0 Å². The predicted octanol–water partition coefficient (Wildman–Crippen LogP) is 4.20. The van der Waals surface area contributed by atoms with Crippen LogP contribution in [0.4, 0.5) is 10.1 Å². The van der Waals surface area contributed by atoms with E-state index in [1.807, 2.05) is 24.3 Å². The molecule has 0 radical (unpaired) electrons. The molecule has 1 aliphatic heterocycles. The van der Waals surface area contributed by atoms with E-state index in [1.165, 1.54) is 24.3 Å². The highest BCUT2D eigenvalue weighted by atomic mass is 32.2. The van der Waals surface area contributed by atoms with Gasteiger partial charge < -0.3 is 10.1 Å². The largest absolute Gasteiger partial charge is 0.497 e. The lowest BCUT2D eigenvalue weighted by Crippen LogP contribution is -2.36. The first-order chi connectivity index (χ1) is 16.9. The molecule has 1 saturated heterocycles. The zero-order chi connectivity index (χ0) is 24.8. The van der Waals surface area contributed by atoms with E-state index in [4.69, 9.17) is 4.74 Å². The van der Waals surface area contributed by atoms with Gasteiger partial charge in [0.1, 0.15) is 11.6 Å². The number of carbonyl (C=O) groups is 1. The van der Waals surface area contributed by atoms with Gasteiger partial charge in [0.15, 0.2) is 0 Å². The Hall–Kier alpha value is -3.43. The van der Waals surface area contributed by atoms with Gasteiger partial charge in [0.05, 0.1) is 18.0 Å². The highest BCUT2D eigenvalue weighted by Gasteiger charge is 2.24. The van der Waals surface area contributed by atoms with Crippen LogP contribution >= 0.6 is 0 Å². The third-order valence-electron chi connectivity index (χ3n) is 6.04. The number of nitrogens with one attached hydrogen (secondary N) is 2. The van der Waals surface area contributed by atoms with Crippen LogP contribution in [-0.2, 0) is 10.0 Å². The molecule has 1 fully saturated rings. The van der Waals surface area contributed by atoms with Crippen LogP contribution in [-0.4, -0.2) is 46.0 Å². The van der Waals surface area contributed by atoms with E-state index in [0.29, 0.717) is 17.8 Å². The average molecular weight is 498 g/mol. The van der Waals surface area contributed by atoms with Crippen molar-refractivity contribution in [2.45, 2.75) is 23.8 Å². The van der Waals surface area contributed by atoms with Crippen molar-refractivity contribution in [2.75, 3.05) is 31.5 Å². The summed E-state index contributed by atoms with van der Waals surface area (Å²) >= 11 is 0. The van der Waals surface area contributed by atoms with E-state index in [2.05, 4.69) is 14.9 Å². The third kappa shape index (κ3) is 6.17. The molecular weight excluding hydrogens is 469 g/mol. The summed E-state index contributed by atoms with van der Waals surface area (Å²) in [5, 5.41) is 3.02. The number of ether oxygens (including phenoxy) is 1. The summed E-state index contributed by atoms with van der Waals surface area (Å²) in [6.07, 6.45) is 2.26. The normalized spacial score (nSPS) is 14.9. The van der Waals surface area contributed by atoms with Gasteiger partial charge in [-0.3, -0.25) is 14.4 Å². The van der Waals surface area contributed by atoms with Crippen molar-refractivity contribution in [1.29, 1.82) is 0 Å². The van der Waals surface area contributed by atoms with E-state index in [0.717, 1.165) is 49.4 Å². The Labute approximate surface area is 205 Å². The van der Waals surface area contributed by atoms with Gasteiger partial charge in [0, 0.05) is 17.8 Å². The molecule has 1 atom stereocenters. The van der Waals surface area contributed by atoms with Crippen molar-refractivity contribution in [1.82, 2.24) is 10.2 Å². The topological polar surface area (TPSA) is 87.7 Å². The fraction of sp³-hybridized carbons (Fsp3) is 0.269. The van der Waals surface area contributed by atoms with Crippen molar-refractivity contribution in [2.24, 2.45) is 0 Å². The van der Waals surface area contributed by atoms with Crippen molar-refractivity contribution in [3.63, 3.8) is 0 Å². The van der Waals surface area contributed by atoms with Gasteiger partial charge in [-0.05, 0) is 92.2 Å². The van der Waals surface area contributed by atoms with Crippen LogP contribution in [0.15, 0.2) is 77.7 Å². The summed E-state index contributed by atoms with van der Waals surface area (Å²) < 4.78 is 45.9. The molecule has 9 heteroatoms. The van der Waals surface area contributed by atoms with E-state index in [1.54, 1.807) is 19.2 Å².